The summed E-state index contributed by atoms with van der Waals surface area (Å²) in [5, 5.41) is 6.91. The number of carbonyl (C=O) groups excluding carboxylic acids is 1. The fourth-order valence-corrected chi connectivity index (χ4v) is 3.13. The lowest BCUT2D eigenvalue weighted by Crippen LogP contribution is -2.44. The number of hydrogen-bond donors (Lipinski definition) is 1. The average Bonchev–Trinajstić information content (AvgIpc) is 3.40. The smallest absolute Gasteiger partial charge is 0.333 e. The van der Waals surface area contributed by atoms with Gasteiger partial charge in [0, 0.05) is 18.8 Å². The van der Waals surface area contributed by atoms with Crippen LogP contribution in [0.25, 0.3) is 0 Å². The van der Waals surface area contributed by atoms with Gasteiger partial charge in [-0.15, -0.1) is 5.10 Å². The zero-order valence-corrected chi connectivity index (χ0v) is 15.7. The number of nitrogens with zero attached hydrogens (tertiary/aromatic N) is 4. The molecular formula is C19H19N5O5. The Morgan fingerprint density at radius 1 is 1.17 bits per heavy atom. The molecule has 1 N–H and O–H groups in total. The van der Waals surface area contributed by atoms with Crippen molar-refractivity contribution in [2.45, 2.75) is 19.6 Å². The van der Waals surface area contributed by atoms with Gasteiger partial charge >= 0.3 is 11.1 Å². The molecule has 0 saturated carbocycles. The number of benzene rings is 1. The predicted octanol–water partition coefficient (Wildman–Crippen LogP) is 0.475. The first-order valence-electron chi connectivity index (χ1n) is 8.99. The molecule has 29 heavy (non-hydrogen) atoms. The van der Waals surface area contributed by atoms with Crippen LogP contribution < -0.4 is 26.1 Å². The number of fused-ring (bicyclic) bond motifs is 1. The third-order valence-corrected chi connectivity index (χ3v) is 4.62. The first-order valence-corrected chi connectivity index (χ1v) is 8.99. The molecule has 0 radical (unpaired) electrons. The minimum Gasteiger partial charge on any atom is -0.497 e. The van der Waals surface area contributed by atoms with E-state index in [0.717, 1.165) is 10.4 Å². The Kier molecular flexibility index (Phi) is 4.90. The van der Waals surface area contributed by atoms with Crippen LogP contribution in [0.2, 0.25) is 0 Å². The van der Waals surface area contributed by atoms with Crippen LogP contribution in [0.4, 0.5) is 11.6 Å². The SMILES string of the molecule is COc1ccc(N2CCn3c2nn(CC(=O)NCc2ccco2)c(=O)c3=O)cc1. The number of methoxy groups -OCH3 is 1. The molecule has 1 aliphatic rings. The lowest BCUT2D eigenvalue weighted by Gasteiger charge is -2.18. The van der Waals surface area contributed by atoms with E-state index in [0.29, 0.717) is 30.5 Å². The van der Waals surface area contributed by atoms with E-state index in [4.69, 9.17) is 9.15 Å². The summed E-state index contributed by atoms with van der Waals surface area (Å²) >= 11 is 0. The molecule has 2 aromatic heterocycles. The molecule has 1 aromatic carbocycles. The summed E-state index contributed by atoms with van der Waals surface area (Å²) < 4.78 is 12.5. The van der Waals surface area contributed by atoms with Gasteiger partial charge in [0.2, 0.25) is 11.9 Å². The van der Waals surface area contributed by atoms with Crippen LogP contribution in [0, 0.1) is 0 Å². The van der Waals surface area contributed by atoms with E-state index in [9.17, 15) is 14.4 Å². The normalized spacial score (nSPS) is 12.7. The molecule has 0 saturated heterocycles. The average molecular weight is 397 g/mol. The second-order valence-corrected chi connectivity index (χ2v) is 6.43. The molecular weight excluding hydrogens is 378 g/mol. The molecule has 0 fully saturated rings. The van der Waals surface area contributed by atoms with Crippen LogP contribution in [0.3, 0.4) is 0 Å². The summed E-state index contributed by atoms with van der Waals surface area (Å²) in [6.45, 7) is 0.651. The van der Waals surface area contributed by atoms with Gasteiger partial charge in [-0.05, 0) is 36.4 Å². The van der Waals surface area contributed by atoms with Crippen molar-refractivity contribution in [2.24, 2.45) is 0 Å². The minimum atomic E-state index is -0.835. The Bertz CT molecular complexity index is 1130. The van der Waals surface area contributed by atoms with Crippen LogP contribution >= 0.6 is 0 Å². The second kappa shape index (κ2) is 7.66. The molecule has 0 unspecified atom stereocenters. The zero-order chi connectivity index (χ0) is 20.4. The van der Waals surface area contributed by atoms with E-state index >= 15 is 0 Å². The Labute approximate surface area is 164 Å². The maximum absolute atomic E-state index is 12.5. The van der Waals surface area contributed by atoms with E-state index in [-0.39, 0.29) is 13.1 Å². The molecule has 10 heteroatoms. The van der Waals surface area contributed by atoms with Crippen LogP contribution in [0.1, 0.15) is 5.76 Å². The van der Waals surface area contributed by atoms with Gasteiger partial charge in [0.25, 0.3) is 0 Å². The summed E-state index contributed by atoms with van der Waals surface area (Å²) in [5.74, 6) is 1.16. The van der Waals surface area contributed by atoms with Gasteiger partial charge in [0.05, 0.1) is 19.9 Å². The number of amides is 1. The highest BCUT2D eigenvalue weighted by Gasteiger charge is 2.26. The standard InChI is InChI=1S/C19H19N5O5/c1-28-14-6-4-13(5-7-14)22-8-9-23-17(26)18(27)24(21-19(22)23)12-16(25)20-11-15-3-2-10-29-15/h2-7,10H,8-9,11-12H2,1H3,(H,20,25). The van der Waals surface area contributed by atoms with Gasteiger partial charge in [-0.3, -0.25) is 19.0 Å². The molecule has 4 rings (SSSR count). The Hall–Kier alpha value is -3.82. The summed E-state index contributed by atoms with van der Waals surface area (Å²) in [5.41, 5.74) is -0.736. The number of furan rings is 1. The van der Waals surface area contributed by atoms with Gasteiger partial charge in [0.1, 0.15) is 18.1 Å². The van der Waals surface area contributed by atoms with Gasteiger partial charge in [-0.1, -0.05) is 0 Å². The summed E-state index contributed by atoms with van der Waals surface area (Å²) in [6, 6.07) is 10.7. The van der Waals surface area contributed by atoms with Gasteiger partial charge in [-0.2, -0.15) is 0 Å². The predicted molar refractivity (Wildman–Crippen MR) is 103 cm³/mol. The van der Waals surface area contributed by atoms with Gasteiger partial charge < -0.3 is 19.4 Å². The second-order valence-electron chi connectivity index (χ2n) is 6.43. The molecule has 1 aliphatic heterocycles. The lowest BCUT2D eigenvalue weighted by molar-refractivity contribution is -0.122. The van der Waals surface area contributed by atoms with Crippen LogP contribution in [0.15, 0.2) is 56.7 Å². The van der Waals surface area contributed by atoms with Gasteiger partial charge in [0.15, 0.2) is 0 Å². The summed E-state index contributed by atoms with van der Waals surface area (Å²) in [7, 11) is 1.58. The number of nitrogens with one attached hydrogen (secondary N) is 1. The number of aromatic nitrogens is 3. The molecule has 3 heterocycles. The third-order valence-electron chi connectivity index (χ3n) is 4.62. The van der Waals surface area contributed by atoms with E-state index in [1.54, 1.807) is 31.4 Å². The largest absolute Gasteiger partial charge is 0.497 e. The van der Waals surface area contributed by atoms with Crippen molar-refractivity contribution in [1.82, 2.24) is 19.7 Å². The molecule has 0 aliphatic carbocycles. The first kappa shape index (κ1) is 18.5. The third kappa shape index (κ3) is 3.64. The summed E-state index contributed by atoms with van der Waals surface area (Å²) in [6.07, 6.45) is 1.50. The van der Waals surface area contributed by atoms with Gasteiger partial charge in [-0.25, -0.2) is 4.68 Å². The molecule has 10 nitrogen and oxygen atoms in total. The van der Waals surface area contributed by atoms with Crippen LogP contribution in [0.5, 0.6) is 5.75 Å². The lowest BCUT2D eigenvalue weighted by atomic mass is 10.3. The molecule has 1 amide bonds. The number of carbonyl (C=O) groups is 1. The van der Waals surface area contributed by atoms with Crippen molar-refractivity contribution in [3.63, 3.8) is 0 Å². The van der Waals surface area contributed by atoms with E-state index < -0.39 is 17.0 Å². The van der Waals surface area contributed by atoms with E-state index in [1.807, 2.05) is 17.0 Å². The monoisotopic (exact) mass is 397 g/mol. The fraction of sp³-hybridized carbons (Fsp3) is 0.263. The molecule has 0 spiro atoms. The van der Waals surface area contributed by atoms with Crippen molar-refractivity contribution < 1.29 is 13.9 Å². The van der Waals surface area contributed by atoms with Crippen molar-refractivity contribution in [3.05, 3.63) is 69.1 Å². The fourth-order valence-electron chi connectivity index (χ4n) is 3.13. The maximum Gasteiger partial charge on any atom is 0.333 e. The van der Waals surface area contributed by atoms with Crippen molar-refractivity contribution in [3.8, 4) is 5.75 Å². The Balaban J connectivity index is 1.58. The first-order chi connectivity index (χ1) is 14.1. The molecule has 150 valence electrons. The Morgan fingerprint density at radius 3 is 2.66 bits per heavy atom. The Morgan fingerprint density at radius 2 is 1.97 bits per heavy atom. The van der Waals surface area contributed by atoms with Crippen molar-refractivity contribution >= 4 is 17.5 Å². The zero-order valence-electron chi connectivity index (χ0n) is 15.7. The molecule has 0 bridgehead atoms. The highest BCUT2D eigenvalue weighted by molar-refractivity contribution is 5.75. The number of rotatable bonds is 6. The molecule has 3 aromatic rings. The number of hydrogen-bond acceptors (Lipinski definition) is 7. The topological polar surface area (TPSA) is 112 Å². The van der Waals surface area contributed by atoms with Crippen LogP contribution in [-0.2, 0) is 24.4 Å². The minimum absolute atomic E-state index is 0.183. The highest BCUT2D eigenvalue weighted by Crippen LogP contribution is 2.27. The van der Waals surface area contributed by atoms with Crippen LogP contribution in [-0.4, -0.2) is 33.9 Å². The summed E-state index contributed by atoms with van der Waals surface area (Å²) in [4.78, 5) is 38.9. The van der Waals surface area contributed by atoms with E-state index in [2.05, 4.69) is 10.4 Å². The van der Waals surface area contributed by atoms with Crippen molar-refractivity contribution in [1.29, 1.82) is 0 Å². The number of ether oxygens (including phenoxy) is 1. The number of anilines is 2. The molecule has 0 atom stereocenters. The van der Waals surface area contributed by atoms with Crippen molar-refractivity contribution in [2.75, 3.05) is 18.6 Å². The maximum atomic E-state index is 12.5. The quantitative estimate of drug-likeness (QED) is 0.602. The van der Waals surface area contributed by atoms with E-state index in [1.165, 1.54) is 10.8 Å². The highest BCUT2D eigenvalue weighted by atomic mass is 16.5.